The average molecular weight is 439 g/mol. The highest BCUT2D eigenvalue weighted by molar-refractivity contribution is 7.90. The van der Waals surface area contributed by atoms with Crippen molar-refractivity contribution in [2.24, 2.45) is 4.99 Å². The first-order chi connectivity index (χ1) is 13.1. The van der Waals surface area contributed by atoms with Crippen LogP contribution in [0.15, 0.2) is 29.3 Å². The predicted octanol–water partition coefficient (Wildman–Crippen LogP) is 2.67. The summed E-state index contributed by atoms with van der Waals surface area (Å²) in [5.41, 5.74) is -4.11. The fourth-order valence-electron chi connectivity index (χ4n) is 3.39. The summed E-state index contributed by atoms with van der Waals surface area (Å²) in [6, 6.07) is 7.74. The lowest BCUT2D eigenvalue weighted by molar-refractivity contribution is -0.0494. The van der Waals surface area contributed by atoms with Gasteiger partial charge in [0.2, 0.25) is 0 Å². The number of piperidine rings is 1. The van der Waals surface area contributed by atoms with Crippen molar-refractivity contribution in [3.63, 3.8) is 0 Å². The summed E-state index contributed by atoms with van der Waals surface area (Å²) in [4.78, 5) is 4.17. The van der Waals surface area contributed by atoms with Crippen LogP contribution in [-0.2, 0) is 10.0 Å². The number of guanidine groups is 1. The van der Waals surface area contributed by atoms with Gasteiger partial charge < -0.3 is 10.6 Å². The van der Waals surface area contributed by atoms with E-state index in [1.807, 2.05) is 24.3 Å². The molecule has 0 amide bonds. The molecule has 2 N–H and O–H groups in total. The fourth-order valence-corrected chi connectivity index (χ4v) is 4.57. The highest BCUT2D eigenvalue weighted by atomic mass is 35.5. The smallest absolute Gasteiger partial charge is 0.354 e. The summed E-state index contributed by atoms with van der Waals surface area (Å²) in [5, 5.41) is 7.17. The van der Waals surface area contributed by atoms with E-state index in [1.54, 1.807) is 7.05 Å². The summed E-state index contributed by atoms with van der Waals surface area (Å²) >= 11 is 6.02. The van der Waals surface area contributed by atoms with Crippen LogP contribution >= 0.6 is 11.6 Å². The van der Waals surface area contributed by atoms with Crippen LogP contribution in [0.2, 0.25) is 5.02 Å². The van der Waals surface area contributed by atoms with Gasteiger partial charge in [-0.3, -0.25) is 4.99 Å². The zero-order valence-corrected chi connectivity index (χ0v) is 16.8. The molecule has 1 aromatic rings. The maximum absolute atomic E-state index is 12.6. The maximum Gasteiger partial charge on any atom is 0.511 e. The molecular formula is C17H22ClF3N4O2S. The SMILES string of the molecule is CN=C(NC1CCN(S(=O)(=O)C(F)(F)F)CC1)NC1CC1c1cccc(Cl)c1. The minimum absolute atomic E-state index is 0.144. The molecule has 1 saturated heterocycles. The van der Waals surface area contributed by atoms with E-state index in [2.05, 4.69) is 15.6 Å². The van der Waals surface area contributed by atoms with E-state index in [-0.39, 0.29) is 38.0 Å². The van der Waals surface area contributed by atoms with Crippen LogP contribution < -0.4 is 10.6 Å². The van der Waals surface area contributed by atoms with Gasteiger partial charge >= 0.3 is 15.5 Å². The average Bonchev–Trinajstić information content (AvgIpc) is 3.40. The van der Waals surface area contributed by atoms with E-state index >= 15 is 0 Å². The van der Waals surface area contributed by atoms with Gasteiger partial charge in [-0.15, -0.1) is 0 Å². The number of nitrogens with zero attached hydrogens (tertiary/aromatic N) is 2. The Labute approximate surface area is 167 Å². The van der Waals surface area contributed by atoms with Crippen molar-refractivity contribution in [2.75, 3.05) is 20.1 Å². The topological polar surface area (TPSA) is 73.8 Å². The van der Waals surface area contributed by atoms with E-state index in [1.165, 1.54) is 0 Å². The van der Waals surface area contributed by atoms with E-state index < -0.39 is 15.5 Å². The first kappa shape index (κ1) is 21.2. The first-order valence-electron chi connectivity index (χ1n) is 8.93. The van der Waals surface area contributed by atoms with Gasteiger partial charge in [0.05, 0.1) is 0 Å². The van der Waals surface area contributed by atoms with Gasteiger partial charge in [-0.2, -0.15) is 17.5 Å². The zero-order valence-electron chi connectivity index (χ0n) is 15.2. The molecule has 1 aromatic carbocycles. The molecule has 1 aliphatic carbocycles. The monoisotopic (exact) mass is 438 g/mol. The molecule has 1 saturated carbocycles. The van der Waals surface area contributed by atoms with Crippen LogP contribution in [0.25, 0.3) is 0 Å². The largest absolute Gasteiger partial charge is 0.511 e. The Morgan fingerprint density at radius 2 is 1.93 bits per heavy atom. The number of halogens is 4. The Hall–Kier alpha value is -1.52. The molecule has 2 fully saturated rings. The third-order valence-corrected chi connectivity index (χ3v) is 6.91. The Balaban J connectivity index is 1.49. The molecule has 156 valence electrons. The Morgan fingerprint density at radius 1 is 1.25 bits per heavy atom. The summed E-state index contributed by atoms with van der Waals surface area (Å²) < 4.78 is 61.4. The van der Waals surface area contributed by atoms with Crippen LogP contribution in [0.5, 0.6) is 0 Å². The summed E-state index contributed by atoms with van der Waals surface area (Å²) in [7, 11) is -3.64. The van der Waals surface area contributed by atoms with Gasteiger partial charge in [-0.05, 0) is 37.0 Å². The van der Waals surface area contributed by atoms with Crippen LogP contribution in [0, 0.1) is 0 Å². The molecule has 2 aliphatic rings. The summed E-state index contributed by atoms with van der Waals surface area (Å²) in [5.74, 6) is 0.891. The summed E-state index contributed by atoms with van der Waals surface area (Å²) in [6.45, 7) is -0.351. The number of alkyl halides is 3. The molecule has 2 atom stereocenters. The molecule has 0 radical (unpaired) electrons. The zero-order chi connectivity index (χ0) is 20.5. The second kappa shape index (κ2) is 8.08. The Kier molecular flexibility index (Phi) is 6.11. The van der Waals surface area contributed by atoms with Crippen molar-refractivity contribution in [1.29, 1.82) is 0 Å². The number of nitrogens with one attached hydrogen (secondary N) is 2. The fraction of sp³-hybridized carbons (Fsp3) is 0.588. The first-order valence-corrected chi connectivity index (χ1v) is 10.8. The third kappa shape index (κ3) is 4.72. The van der Waals surface area contributed by atoms with Crippen LogP contribution in [0.4, 0.5) is 13.2 Å². The third-order valence-electron chi connectivity index (χ3n) is 5.04. The second-order valence-electron chi connectivity index (χ2n) is 6.99. The number of rotatable bonds is 4. The van der Waals surface area contributed by atoms with Crippen molar-refractivity contribution in [1.82, 2.24) is 14.9 Å². The van der Waals surface area contributed by atoms with Crippen LogP contribution in [-0.4, -0.2) is 56.4 Å². The molecule has 0 bridgehead atoms. The Bertz CT molecular complexity index is 839. The minimum atomic E-state index is -5.26. The number of benzene rings is 1. The van der Waals surface area contributed by atoms with Gasteiger partial charge in [0.25, 0.3) is 0 Å². The lowest BCUT2D eigenvalue weighted by atomic mass is 10.1. The highest BCUT2D eigenvalue weighted by Crippen LogP contribution is 2.41. The van der Waals surface area contributed by atoms with Crippen molar-refractivity contribution >= 4 is 27.6 Å². The van der Waals surface area contributed by atoms with Gasteiger partial charge in [-0.25, -0.2) is 8.42 Å². The molecular weight excluding hydrogens is 417 g/mol. The van der Waals surface area contributed by atoms with Crippen molar-refractivity contribution < 1.29 is 21.6 Å². The number of aliphatic imine (C=N–C) groups is 1. The van der Waals surface area contributed by atoms with Crippen molar-refractivity contribution in [2.45, 2.75) is 42.8 Å². The lowest BCUT2D eigenvalue weighted by Crippen LogP contribution is -2.52. The molecule has 1 aliphatic heterocycles. The van der Waals surface area contributed by atoms with Crippen LogP contribution in [0.3, 0.4) is 0 Å². The Morgan fingerprint density at radius 3 is 2.50 bits per heavy atom. The molecule has 1 heterocycles. The standard InChI is InChI=1S/C17H22ClF3N4O2S/c1-22-16(24-15-10-14(15)11-3-2-4-12(18)9-11)23-13-5-7-25(8-6-13)28(26,27)17(19,20)21/h2-4,9,13-15H,5-8,10H2,1H3,(H2,22,23,24). The molecule has 0 spiro atoms. The van der Waals surface area contributed by atoms with Gasteiger partial charge in [-0.1, -0.05) is 23.7 Å². The van der Waals surface area contributed by atoms with Gasteiger partial charge in [0, 0.05) is 43.2 Å². The highest BCUT2D eigenvalue weighted by Gasteiger charge is 2.50. The van der Waals surface area contributed by atoms with E-state index in [0.717, 1.165) is 12.0 Å². The van der Waals surface area contributed by atoms with Gasteiger partial charge in [0.1, 0.15) is 0 Å². The molecule has 0 aromatic heterocycles. The lowest BCUT2D eigenvalue weighted by Gasteiger charge is -2.32. The molecule has 2 unspecified atom stereocenters. The number of sulfonamides is 1. The minimum Gasteiger partial charge on any atom is -0.354 e. The number of hydrogen-bond acceptors (Lipinski definition) is 3. The predicted molar refractivity (Wildman–Crippen MR) is 102 cm³/mol. The molecule has 28 heavy (non-hydrogen) atoms. The van der Waals surface area contributed by atoms with Gasteiger partial charge in [0.15, 0.2) is 5.96 Å². The van der Waals surface area contributed by atoms with Crippen LogP contribution in [0.1, 0.15) is 30.7 Å². The van der Waals surface area contributed by atoms with Crippen molar-refractivity contribution in [3.8, 4) is 0 Å². The molecule has 6 nitrogen and oxygen atoms in total. The quantitative estimate of drug-likeness (QED) is 0.560. The van der Waals surface area contributed by atoms with E-state index in [9.17, 15) is 21.6 Å². The molecule has 11 heteroatoms. The maximum atomic E-state index is 12.6. The summed E-state index contributed by atoms with van der Waals surface area (Å²) in [6.07, 6.45) is 1.49. The normalized spacial score (nSPS) is 24.8. The number of hydrogen-bond donors (Lipinski definition) is 2. The second-order valence-corrected chi connectivity index (χ2v) is 9.35. The molecule has 3 rings (SSSR count). The van der Waals surface area contributed by atoms with E-state index in [0.29, 0.717) is 21.2 Å². The van der Waals surface area contributed by atoms with Crippen molar-refractivity contribution in [3.05, 3.63) is 34.9 Å². The van der Waals surface area contributed by atoms with E-state index in [4.69, 9.17) is 11.6 Å².